The lowest BCUT2D eigenvalue weighted by atomic mass is 10.2. The van der Waals surface area contributed by atoms with Gasteiger partial charge in [-0.3, -0.25) is 9.36 Å². The van der Waals surface area contributed by atoms with E-state index in [1.165, 1.54) is 11.8 Å². The van der Waals surface area contributed by atoms with Crippen molar-refractivity contribution >= 4 is 33.7 Å². The van der Waals surface area contributed by atoms with Crippen LogP contribution in [0.2, 0.25) is 0 Å². The van der Waals surface area contributed by atoms with Gasteiger partial charge in [0.25, 0.3) is 0 Å². The van der Waals surface area contributed by atoms with Gasteiger partial charge in [-0.1, -0.05) is 42.1 Å². The van der Waals surface area contributed by atoms with E-state index in [1.807, 2.05) is 60.9 Å². The third-order valence-corrected chi connectivity index (χ3v) is 4.75. The van der Waals surface area contributed by atoms with Gasteiger partial charge in [-0.2, -0.15) is 0 Å². The van der Waals surface area contributed by atoms with Crippen LogP contribution < -0.4 is 0 Å². The van der Waals surface area contributed by atoms with Gasteiger partial charge in [0.05, 0.1) is 18.4 Å². The number of thioether (sulfide) groups is 1. The van der Waals surface area contributed by atoms with Crippen molar-refractivity contribution in [2.45, 2.75) is 31.7 Å². The Morgan fingerprint density at radius 3 is 2.65 bits per heavy atom. The van der Waals surface area contributed by atoms with Crippen LogP contribution in [0.25, 0.3) is 11.6 Å². The second kappa shape index (κ2) is 8.55. The summed E-state index contributed by atoms with van der Waals surface area (Å²) >= 11 is 4.61. The molecule has 0 saturated carbocycles. The summed E-state index contributed by atoms with van der Waals surface area (Å²) in [6.07, 6.45) is -0.138. The number of furan rings is 1. The molecule has 3 rings (SSSR count). The van der Waals surface area contributed by atoms with Crippen LogP contribution in [0.5, 0.6) is 0 Å². The Balaban J connectivity index is 1.86. The highest BCUT2D eigenvalue weighted by molar-refractivity contribution is 9.10. The SMILES string of the molecule is CC(C)OC(=O)CSc1nnc(-c2ccc(Br)o2)n1Cc1ccccc1. The first-order valence-corrected chi connectivity index (χ1v) is 9.86. The maximum atomic E-state index is 11.9. The zero-order chi connectivity index (χ0) is 18.5. The first-order chi connectivity index (χ1) is 12.5. The quantitative estimate of drug-likeness (QED) is 0.404. The van der Waals surface area contributed by atoms with E-state index in [1.54, 1.807) is 0 Å². The summed E-state index contributed by atoms with van der Waals surface area (Å²) < 4.78 is 13.4. The van der Waals surface area contributed by atoms with E-state index < -0.39 is 0 Å². The minimum atomic E-state index is -0.276. The summed E-state index contributed by atoms with van der Waals surface area (Å²) in [6.45, 7) is 4.23. The number of hydrogen-bond donors (Lipinski definition) is 0. The maximum Gasteiger partial charge on any atom is 0.316 e. The van der Waals surface area contributed by atoms with Crippen LogP contribution in [0.4, 0.5) is 0 Å². The second-order valence-electron chi connectivity index (χ2n) is 5.81. The standard InChI is InChI=1S/C18H18BrN3O3S/c1-12(2)24-16(23)11-26-18-21-20-17(14-8-9-15(19)25-14)22(18)10-13-6-4-3-5-7-13/h3-9,12H,10-11H2,1-2H3. The van der Waals surface area contributed by atoms with E-state index in [-0.39, 0.29) is 17.8 Å². The smallest absolute Gasteiger partial charge is 0.316 e. The molecule has 0 aliphatic carbocycles. The highest BCUT2D eigenvalue weighted by atomic mass is 79.9. The predicted octanol–water partition coefficient (Wildman–Crippen LogP) is 4.39. The van der Waals surface area contributed by atoms with Crippen molar-refractivity contribution in [2.24, 2.45) is 0 Å². The van der Waals surface area contributed by atoms with Crippen LogP contribution >= 0.6 is 27.7 Å². The molecule has 0 unspecified atom stereocenters. The fraction of sp³-hybridized carbons (Fsp3) is 0.278. The Kier molecular flexibility index (Phi) is 6.16. The van der Waals surface area contributed by atoms with Gasteiger partial charge in [-0.05, 0) is 47.5 Å². The number of aromatic nitrogens is 3. The summed E-state index contributed by atoms with van der Waals surface area (Å²) in [5, 5.41) is 9.14. The molecule has 2 heterocycles. The second-order valence-corrected chi connectivity index (χ2v) is 7.53. The highest BCUT2D eigenvalue weighted by Crippen LogP contribution is 2.28. The number of halogens is 1. The van der Waals surface area contributed by atoms with Crippen LogP contribution in [0.3, 0.4) is 0 Å². The first kappa shape index (κ1) is 18.7. The lowest BCUT2D eigenvalue weighted by Crippen LogP contribution is -2.14. The number of ether oxygens (including phenoxy) is 1. The van der Waals surface area contributed by atoms with Gasteiger partial charge in [-0.25, -0.2) is 0 Å². The van der Waals surface area contributed by atoms with Gasteiger partial charge >= 0.3 is 5.97 Å². The lowest BCUT2D eigenvalue weighted by Gasteiger charge is -2.10. The molecule has 136 valence electrons. The zero-order valence-corrected chi connectivity index (χ0v) is 16.8. The average molecular weight is 436 g/mol. The summed E-state index contributed by atoms with van der Waals surface area (Å²) in [5.74, 6) is 1.12. The number of carbonyl (C=O) groups is 1. The summed E-state index contributed by atoms with van der Waals surface area (Å²) in [4.78, 5) is 11.9. The zero-order valence-electron chi connectivity index (χ0n) is 14.4. The molecular weight excluding hydrogens is 418 g/mol. The molecule has 1 aromatic carbocycles. The van der Waals surface area contributed by atoms with Crippen molar-refractivity contribution in [3.8, 4) is 11.6 Å². The van der Waals surface area contributed by atoms with Crippen molar-refractivity contribution in [3.63, 3.8) is 0 Å². The van der Waals surface area contributed by atoms with Crippen molar-refractivity contribution in [2.75, 3.05) is 5.75 Å². The van der Waals surface area contributed by atoms with E-state index in [4.69, 9.17) is 9.15 Å². The summed E-state index contributed by atoms with van der Waals surface area (Å²) in [5.41, 5.74) is 1.10. The topological polar surface area (TPSA) is 70.2 Å². The molecule has 0 N–H and O–H groups in total. The van der Waals surface area contributed by atoms with Crippen LogP contribution in [-0.4, -0.2) is 32.6 Å². The van der Waals surface area contributed by atoms with Gasteiger partial charge in [-0.15, -0.1) is 10.2 Å². The van der Waals surface area contributed by atoms with E-state index >= 15 is 0 Å². The van der Waals surface area contributed by atoms with Gasteiger partial charge in [0, 0.05) is 0 Å². The molecule has 2 aromatic heterocycles. The fourth-order valence-corrected chi connectivity index (χ4v) is 3.37. The van der Waals surface area contributed by atoms with Crippen LogP contribution in [0, 0.1) is 0 Å². The van der Waals surface area contributed by atoms with Crippen molar-refractivity contribution in [3.05, 3.63) is 52.7 Å². The molecule has 0 radical (unpaired) electrons. The van der Waals surface area contributed by atoms with Crippen molar-refractivity contribution in [1.82, 2.24) is 14.8 Å². The molecule has 0 bridgehead atoms. The number of hydrogen-bond acceptors (Lipinski definition) is 6. The Bertz CT molecular complexity index is 877. The van der Waals surface area contributed by atoms with E-state index in [0.29, 0.717) is 28.0 Å². The van der Waals surface area contributed by atoms with Gasteiger partial charge in [0.1, 0.15) is 0 Å². The van der Waals surface area contributed by atoms with E-state index in [9.17, 15) is 4.79 Å². The Morgan fingerprint density at radius 2 is 2.00 bits per heavy atom. The number of rotatable bonds is 7. The minimum absolute atomic E-state index is 0.138. The van der Waals surface area contributed by atoms with Crippen LogP contribution in [0.15, 0.2) is 56.7 Å². The molecule has 8 heteroatoms. The monoisotopic (exact) mass is 435 g/mol. The fourth-order valence-electron chi connectivity index (χ4n) is 2.34. The molecule has 26 heavy (non-hydrogen) atoms. The Labute approximate surface area is 164 Å². The molecular formula is C18H18BrN3O3S. The normalized spacial score (nSPS) is 11.1. The van der Waals surface area contributed by atoms with Gasteiger partial charge in [0.2, 0.25) is 5.82 Å². The maximum absolute atomic E-state index is 11.9. The Hall–Kier alpha value is -2.06. The Morgan fingerprint density at radius 1 is 1.23 bits per heavy atom. The molecule has 0 aliphatic rings. The number of esters is 1. The third kappa shape index (κ3) is 4.76. The first-order valence-electron chi connectivity index (χ1n) is 8.08. The molecule has 0 aliphatic heterocycles. The van der Waals surface area contributed by atoms with Gasteiger partial charge in [0.15, 0.2) is 15.6 Å². The molecule has 0 saturated heterocycles. The average Bonchev–Trinajstić information content (AvgIpc) is 3.19. The number of benzene rings is 1. The number of nitrogens with zero attached hydrogens (tertiary/aromatic N) is 3. The molecule has 6 nitrogen and oxygen atoms in total. The largest absolute Gasteiger partial charge is 0.462 e. The van der Waals surface area contributed by atoms with Gasteiger partial charge < -0.3 is 9.15 Å². The molecule has 0 atom stereocenters. The minimum Gasteiger partial charge on any atom is -0.462 e. The van der Waals surface area contributed by atoms with Crippen LogP contribution in [0.1, 0.15) is 19.4 Å². The van der Waals surface area contributed by atoms with Crippen LogP contribution in [-0.2, 0) is 16.1 Å². The molecule has 0 spiro atoms. The predicted molar refractivity (Wildman–Crippen MR) is 103 cm³/mol. The van der Waals surface area contributed by atoms with E-state index in [2.05, 4.69) is 26.1 Å². The molecule has 0 amide bonds. The lowest BCUT2D eigenvalue weighted by molar-refractivity contribution is -0.144. The van der Waals surface area contributed by atoms with E-state index in [0.717, 1.165) is 5.56 Å². The summed E-state index contributed by atoms with van der Waals surface area (Å²) in [6, 6.07) is 13.6. The highest BCUT2D eigenvalue weighted by Gasteiger charge is 2.19. The molecule has 0 fully saturated rings. The molecule has 3 aromatic rings. The van der Waals surface area contributed by atoms with Crippen molar-refractivity contribution < 1.29 is 13.9 Å². The third-order valence-electron chi connectivity index (χ3n) is 3.38. The van der Waals surface area contributed by atoms with Crippen molar-refractivity contribution in [1.29, 1.82) is 0 Å². The summed E-state index contributed by atoms with van der Waals surface area (Å²) in [7, 11) is 0. The number of carbonyl (C=O) groups excluding carboxylic acids is 1.